The number of nitrogens with zero attached hydrogens (tertiary/aromatic N) is 8. The minimum absolute atomic E-state index is 0.0284. The lowest BCUT2D eigenvalue weighted by Crippen LogP contribution is -2.51. The Labute approximate surface area is 478 Å². The number of carbonyl (C=O) groups is 2. The van der Waals surface area contributed by atoms with Gasteiger partial charge in [0.25, 0.3) is 5.56 Å². The normalized spacial score (nSPS) is 21.2. The number of aliphatic hydroxyl groups excluding tert-OH is 1. The van der Waals surface area contributed by atoms with E-state index < -0.39 is 35.1 Å². The van der Waals surface area contributed by atoms with Gasteiger partial charge in [0.15, 0.2) is 0 Å². The van der Waals surface area contributed by atoms with E-state index in [4.69, 9.17) is 35.6 Å². The predicted octanol–water partition coefficient (Wildman–Crippen LogP) is 8.96. The summed E-state index contributed by atoms with van der Waals surface area (Å²) >= 11 is 8.14. The molecule has 0 bridgehead atoms. The van der Waals surface area contributed by atoms with Crippen molar-refractivity contribution in [1.82, 2.24) is 44.6 Å². The average Bonchev–Trinajstić information content (AvgIpc) is 3.02. The number of rotatable bonds is 21. The van der Waals surface area contributed by atoms with E-state index in [1.807, 2.05) is 75.8 Å². The van der Waals surface area contributed by atoms with Crippen molar-refractivity contribution >= 4 is 45.7 Å². The molecule has 19 heteroatoms. The van der Waals surface area contributed by atoms with Crippen molar-refractivity contribution in [2.45, 2.75) is 128 Å². The maximum Gasteiger partial charge on any atom is 0.282 e. The van der Waals surface area contributed by atoms with Crippen LogP contribution in [0.2, 0.25) is 5.02 Å². The van der Waals surface area contributed by atoms with Crippen molar-refractivity contribution in [3.63, 3.8) is 0 Å². The maximum atomic E-state index is 14.9. The molecule has 4 atom stereocenters. The fourth-order valence-electron chi connectivity index (χ4n) is 12.6. The summed E-state index contributed by atoms with van der Waals surface area (Å²) in [6.45, 7) is 18.2. The van der Waals surface area contributed by atoms with Gasteiger partial charge in [0.1, 0.15) is 17.9 Å². The van der Waals surface area contributed by atoms with Gasteiger partial charge >= 0.3 is 0 Å². The molecule has 3 fully saturated rings. The SMILES string of the molecule is COCCOCCOCCOC[C@H](NC(=O)[C@@H]1C[C@@H](O)CN1C(=O)[C@@H](n1cc(C2CCC(CN3CCC(c4ccc5c(c4)-n4c(nc(=O)c6c(Cl)cccc64)C5(C)C)CC3)CC2)nn1)C(C)(C)C)c1ccc(-c2scnc2C)cc1. The highest BCUT2D eigenvalue weighted by atomic mass is 35.5. The average molecular weight is 1130 g/mol. The van der Waals surface area contributed by atoms with E-state index in [9.17, 15) is 19.5 Å². The van der Waals surface area contributed by atoms with Gasteiger partial charge in [-0.15, -0.1) is 16.4 Å². The Kier molecular flexibility index (Phi) is 18.0. The molecule has 2 N–H and O–H groups in total. The second-order valence-corrected chi connectivity index (χ2v) is 25.2. The number of aromatic nitrogens is 6. The molecule has 17 nitrogen and oxygen atoms in total. The van der Waals surface area contributed by atoms with Gasteiger partial charge in [-0.3, -0.25) is 19.0 Å². The molecule has 80 heavy (non-hydrogen) atoms. The van der Waals surface area contributed by atoms with E-state index in [1.165, 1.54) is 16.0 Å². The summed E-state index contributed by atoms with van der Waals surface area (Å²) in [6.07, 6.45) is 7.53. The lowest BCUT2D eigenvalue weighted by atomic mass is 9.80. The number of thiazole rings is 1. The summed E-state index contributed by atoms with van der Waals surface area (Å²) in [6, 6.07) is 18.3. The van der Waals surface area contributed by atoms with Crippen LogP contribution in [0.3, 0.4) is 0 Å². The van der Waals surface area contributed by atoms with Gasteiger partial charge in [-0.25, -0.2) is 9.67 Å². The Balaban J connectivity index is 0.742. The zero-order chi connectivity index (χ0) is 56.3. The molecule has 0 unspecified atom stereocenters. The van der Waals surface area contributed by atoms with E-state index in [-0.39, 0.29) is 42.9 Å². The number of fused-ring (bicyclic) bond motifs is 5. The fourth-order valence-corrected chi connectivity index (χ4v) is 13.7. The Morgan fingerprint density at radius 2 is 1.62 bits per heavy atom. The topological polar surface area (TPSA) is 188 Å². The van der Waals surface area contributed by atoms with Crippen LogP contribution in [0.4, 0.5) is 0 Å². The first-order valence-electron chi connectivity index (χ1n) is 28.5. The first-order chi connectivity index (χ1) is 38.5. The van der Waals surface area contributed by atoms with Crippen LogP contribution in [0.1, 0.15) is 137 Å². The molecule has 6 heterocycles. The van der Waals surface area contributed by atoms with Gasteiger partial charge in [0.05, 0.1) is 107 Å². The Morgan fingerprint density at radius 1 is 0.912 bits per heavy atom. The smallest absolute Gasteiger partial charge is 0.282 e. The van der Waals surface area contributed by atoms with Crippen LogP contribution in [0, 0.1) is 18.3 Å². The second-order valence-electron chi connectivity index (χ2n) is 23.9. The van der Waals surface area contributed by atoms with Crippen LogP contribution < -0.4 is 10.9 Å². The number of carbonyl (C=O) groups excluding carboxylic acids is 2. The summed E-state index contributed by atoms with van der Waals surface area (Å²) in [5.74, 6) is 1.38. The minimum atomic E-state index is -0.909. The third-order valence-corrected chi connectivity index (χ3v) is 18.3. The van der Waals surface area contributed by atoms with Crippen LogP contribution in [0.5, 0.6) is 0 Å². The summed E-state index contributed by atoms with van der Waals surface area (Å²) in [4.78, 5) is 56.8. The number of amides is 2. The molecule has 0 spiro atoms. The van der Waals surface area contributed by atoms with Crippen LogP contribution in [-0.2, 0) is 34.0 Å². The lowest BCUT2D eigenvalue weighted by Gasteiger charge is -2.36. The predicted molar refractivity (Wildman–Crippen MR) is 310 cm³/mol. The summed E-state index contributed by atoms with van der Waals surface area (Å²) in [5, 5.41) is 24.5. The van der Waals surface area contributed by atoms with Crippen LogP contribution in [0.15, 0.2) is 77.2 Å². The Morgan fingerprint density at radius 3 is 2.31 bits per heavy atom. The van der Waals surface area contributed by atoms with Gasteiger partial charge in [0.2, 0.25) is 11.8 Å². The number of hydrogen-bond acceptors (Lipinski definition) is 14. The van der Waals surface area contributed by atoms with Crippen LogP contribution in [0.25, 0.3) is 27.0 Å². The third-order valence-electron chi connectivity index (χ3n) is 17.0. The number of nitrogens with one attached hydrogen (secondary N) is 1. The summed E-state index contributed by atoms with van der Waals surface area (Å²) in [7, 11) is 1.63. The van der Waals surface area contributed by atoms with E-state index >= 15 is 0 Å². The number of piperidine rings is 1. The highest BCUT2D eigenvalue weighted by Gasteiger charge is 2.46. The molecule has 3 aromatic heterocycles. The molecule has 428 valence electrons. The maximum absolute atomic E-state index is 14.9. The zero-order valence-corrected chi connectivity index (χ0v) is 48.9. The molecule has 1 aliphatic carbocycles. The van der Waals surface area contributed by atoms with Crippen molar-refractivity contribution in [1.29, 1.82) is 0 Å². The largest absolute Gasteiger partial charge is 0.391 e. The van der Waals surface area contributed by atoms with Crippen LogP contribution >= 0.6 is 22.9 Å². The number of likely N-dealkylation sites (tertiary alicyclic amines) is 2. The number of hydrogen-bond donors (Lipinski definition) is 2. The number of methoxy groups -OCH3 is 1. The Bertz CT molecular complexity index is 3180. The first-order valence-corrected chi connectivity index (χ1v) is 29.8. The summed E-state index contributed by atoms with van der Waals surface area (Å²) in [5.41, 5.74) is 8.63. The lowest BCUT2D eigenvalue weighted by molar-refractivity contribution is -0.144. The van der Waals surface area contributed by atoms with Crippen LogP contribution in [-0.4, -0.2) is 148 Å². The van der Waals surface area contributed by atoms with Crippen molar-refractivity contribution in [2.75, 3.05) is 79.5 Å². The molecule has 2 saturated heterocycles. The summed E-state index contributed by atoms with van der Waals surface area (Å²) < 4.78 is 26.1. The molecule has 10 rings (SSSR count). The number of halogens is 1. The van der Waals surface area contributed by atoms with Gasteiger partial charge in [-0.2, -0.15) is 4.98 Å². The van der Waals surface area contributed by atoms with Gasteiger partial charge in [-0.05, 0) is 130 Å². The number of aryl methyl sites for hydroxylation is 1. The highest BCUT2D eigenvalue weighted by molar-refractivity contribution is 7.13. The van der Waals surface area contributed by atoms with Crippen molar-refractivity contribution < 1.29 is 33.6 Å². The number of β-amino-alcohol motifs (C(OH)–C–C–N with tert-alkyl or cyclic N) is 1. The Hall–Kier alpha value is -5.44. The van der Waals surface area contributed by atoms with Gasteiger partial charge in [0, 0.05) is 38.7 Å². The van der Waals surface area contributed by atoms with E-state index in [0.717, 1.165) is 103 Å². The van der Waals surface area contributed by atoms with Crippen molar-refractivity contribution in [3.05, 3.63) is 122 Å². The molecular formula is C61H78ClN9O8S. The molecule has 1 saturated carbocycles. The molecule has 3 aliphatic heterocycles. The quantitative estimate of drug-likeness (QED) is 0.0651. The molecule has 0 radical (unpaired) electrons. The van der Waals surface area contributed by atoms with Gasteiger partial charge < -0.3 is 39.2 Å². The first kappa shape index (κ1) is 57.8. The molecular weight excluding hydrogens is 1050 g/mol. The van der Waals surface area contributed by atoms with Crippen molar-refractivity contribution in [2.24, 2.45) is 11.3 Å². The van der Waals surface area contributed by atoms with E-state index in [0.29, 0.717) is 61.9 Å². The highest BCUT2D eigenvalue weighted by Crippen LogP contribution is 2.45. The molecule has 3 aromatic carbocycles. The second kappa shape index (κ2) is 25.0. The zero-order valence-electron chi connectivity index (χ0n) is 47.4. The van der Waals surface area contributed by atoms with Gasteiger partial charge in [-0.1, -0.05) is 80.1 Å². The number of benzene rings is 3. The number of aliphatic hydroxyl groups is 1. The van der Waals surface area contributed by atoms with E-state index in [2.05, 4.69) is 62.0 Å². The fraction of sp³-hybridized carbons (Fsp3) is 0.557. The third kappa shape index (κ3) is 12.5. The molecule has 2 amide bonds. The molecule has 4 aliphatic rings. The monoisotopic (exact) mass is 1130 g/mol. The standard InChI is InChI=1S/C61H78ClN9O8S/c1-38-54(80-37-63-38)43-17-15-42(16-18-43)49(36-79-30-29-78-28-27-77-26-25-76-7)64-56(73)52-32-45(72)34-69(52)58(75)55(60(2,3)4)70-35-48(66-67-70)41-13-11-39(12-14-41)33-68-23-21-40(22-24-68)44-19-20-46-51(31-44)71-50-10-8-9-47(62)53(50)57(74)65-59(71)61(46,5)6/h8-10,15-20,31,35,37,39-41,45,49,52,55,72H,11-14,21-30,32-34,36H2,1-7H3,(H,64,73)/t39?,41?,45-,49+,52+,55-/m1/s1. The minimum Gasteiger partial charge on any atom is -0.391 e. The molecule has 6 aromatic rings. The van der Waals surface area contributed by atoms with E-state index in [1.54, 1.807) is 29.2 Å². The number of ether oxygens (including phenoxy) is 4. The van der Waals surface area contributed by atoms with Crippen molar-refractivity contribution in [3.8, 4) is 16.1 Å².